The fourth-order valence-electron chi connectivity index (χ4n) is 3.89. The first-order valence-electron chi connectivity index (χ1n) is 11.9. The normalized spacial score (nSPS) is 10.7. The number of ether oxygens (including phenoxy) is 1. The van der Waals surface area contributed by atoms with E-state index in [1.54, 1.807) is 42.5 Å². The highest BCUT2D eigenvalue weighted by Crippen LogP contribution is 2.23. The minimum Gasteiger partial charge on any atom is -0.508 e. The fourth-order valence-corrected chi connectivity index (χ4v) is 3.89. The van der Waals surface area contributed by atoms with E-state index in [1.165, 1.54) is 0 Å². The molecule has 0 atom stereocenters. The topological polar surface area (TPSA) is 122 Å². The molecule has 0 bridgehead atoms. The molecule has 8 heteroatoms. The molecular weight excluding hydrogens is 472 g/mol. The lowest BCUT2D eigenvalue weighted by Gasteiger charge is -2.13. The Kier molecular flexibility index (Phi) is 8.20. The van der Waals surface area contributed by atoms with Crippen LogP contribution in [0.3, 0.4) is 0 Å². The van der Waals surface area contributed by atoms with Gasteiger partial charge in [0.15, 0.2) is 0 Å². The van der Waals surface area contributed by atoms with Gasteiger partial charge in [0.1, 0.15) is 17.3 Å². The van der Waals surface area contributed by atoms with Crippen LogP contribution in [0.2, 0.25) is 0 Å². The molecule has 3 N–H and O–H groups in total. The first-order valence-corrected chi connectivity index (χ1v) is 11.9. The number of carbonyl (C=O) groups excluding carboxylic acids is 1. The molecule has 1 heterocycles. The number of phenolic OH excluding ortho intramolecular Hbond substituents is 1. The van der Waals surface area contributed by atoms with E-state index in [0.29, 0.717) is 35.8 Å². The number of nitrogens with one attached hydrogen (secondary N) is 1. The van der Waals surface area contributed by atoms with Gasteiger partial charge >= 0.3 is 5.97 Å². The highest BCUT2D eigenvalue weighted by atomic mass is 16.5. The Morgan fingerprint density at radius 2 is 1.81 bits per heavy atom. The Bertz CT molecular complexity index is 1380. The molecule has 0 unspecified atom stereocenters. The van der Waals surface area contributed by atoms with Crippen molar-refractivity contribution in [2.45, 2.75) is 32.7 Å². The zero-order valence-corrected chi connectivity index (χ0v) is 20.4. The average molecular weight is 501 g/mol. The molecule has 0 aliphatic heterocycles. The summed E-state index contributed by atoms with van der Waals surface area (Å²) in [5, 5.41) is 21.6. The third-order valence-electron chi connectivity index (χ3n) is 5.82. The van der Waals surface area contributed by atoms with E-state index in [4.69, 9.17) is 14.3 Å². The van der Waals surface area contributed by atoms with Crippen molar-refractivity contribution in [1.29, 1.82) is 0 Å². The molecule has 0 aliphatic rings. The van der Waals surface area contributed by atoms with Crippen LogP contribution in [0.25, 0.3) is 11.5 Å². The summed E-state index contributed by atoms with van der Waals surface area (Å²) in [6.45, 7) is 2.40. The molecule has 190 valence electrons. The molecule has 1 amide bonds. The number of hydrogen-bond acceptors (Lipinski definition) is 6. The molecule has 37 heavy (non-hydrogen) atoms. The molecule has 4 aromatic rings. The summed E-state index contributed by atoms with van der Waals surface area (Å²) in [5.41, 5.74) is 3.40. The van der Waals surface area contributed by atoms with Crippen LogP contribution in [0.5, 0.6) is 11.5 Å². The van der Waals surface area contributed by atoms with Crippen molar-refractivity contribution in [3.8, 4) is 23.0 Å². The number of carboxylic acid groups (broad SMARTS) is 1. The summed E-state index contributed by atoms with van der Waals surface area (Å²) in [5.74, 6) is 0.590. The van der Waals surface area contributed by atoms with E-state index >= 15 is 0 Å². The summed E-state index contributed by atoms with van der Waals surface area (Å²) in [7, 11) is 0. The SMILES string of the molecule is Cc1oc(-c2ccccc2)nc1CCOc1ccc(CCC(=O)O)c(C(=O)NCc2cccc(O)c2)c1. The van der Waals surface area contributed by atoms with Gasteiger partial charge in [-0.05, 0) is 60.9 Å². The fraction of sp³-hybridized carbons (Fsp3) is 0.207. The second kappa shape index (κ2) is 11.9. The van der Waals surface area contributed by atoms with Crippen LogP contribution in [-0.4, -0.2) is 33.7 Å². The van der Waals surface area contributed by atoms with Gasteiger partial charge in [0.05, 0.1) is 12.3 Å². The van der Waals surface area contributed by atoms with E-state index in [1.807, 2.05) is 37.3 Å². The maximum atomic E-state index is 13.0. The zero-order valence-electron chi connectivity index (χ0n) is 20.4. The number of aliphatic carboxylic acids is 1. The number of carbonyl (C=O) groups is 2. The number of amides is 1. The molecule has 4 rings (SSSR count). The maximum Gasteiger partial charge on any atom is 0.303 e. The van der Waals surface area contributed by atoms with Gasteiger partial charge in [0.2, 0.25) is 5.89 Å². The van der Waals surface area contributed by atoms with Crippen LogP contribution in [0.15, 0.2) is 77.2 Å². The molecule has 8 nitrogen and oxygen atoms in total. The summed E-state index contributed by atoms with van der Waals surface area (Å²) in [4.78, 5) is 28.7. The van der Waals surface area contributed by atoms with Crippen molar-refractivity contribution in [2.24, 2.45) is 0 Å². The van der Waals surface area contributed by atoms with E-state index in [0.717, 1.165) is 22.6 Å². The minimum atomic E-state index is -0.940. The lowest BCUT2D eigenvalue weighted by atomic mass is 10.0. The first-order chi connectivity index (χ1) is 17.9. The number of carboxylic acids is 1. The number of hydrogen-bond donors (Lipinski definition) is 3. The third-order valence-corrected chi connectivity index (χ3v) is 5.82. The monoisotopic (exact) mass is 500 g/mol. The Labute approximate surface area is 214 Å². The number of phenols is 1. The number of oxazole rings is 1. The van der Waals surface area contributed by atoms with Crippen molar-refractivity contribution < 1.29 is 29.0 Å². The van der Waals surface area contributed by atoms with E-state index in [-0.39, 0.29) is 31.0 Å². The predicted octanol–water partition coefficient (Wildman–Crippen LogP) is 4.92. The Hall–Kier alpha value is -4.59. The molecule has 0 aliphatic carbocycles. The quantitative estimate of drug-likeness (QED) is 0.267. The maximum absolute atomic E-state index is 13.0. The molecular formula is C29H28N2O6. The molecule has 3 aromatic carbocycles. The Morgan fingerprint density at radius 3 is 2.57 bits per heavy atom. The number of aromatic hydroxyl groups is 1. The second-order valence-corrected chi connectivity index (χ2v) is 8.55. The van der Waals surface area contributed by atoms with Crippen LogP contribution in [0, 0.1) is 6.92 Å². The van der Waals surface area contributed by atoms with Crippen molar-refractivity contribution in [2.75, 3.05) is 6.61 Å². The second-order valence-electron chi connectivity index (χ2n) is 8.55. The molecule has 0 saturated heterocycles. The van der Waals surface area contributed by atoms with Crippen LogP contribution in [-0.2, 0) is 24.2 Å². The minimum absolute atomic E-state index is 0.0950. The number of aryl methyl sites for hydroxylation is 2. The Balaban J connectivity index is 1.43. The van der Waals surface area contributed by atoms with E-state index < -0.39 is 5.97 Å². The summed E-state index contributed by atoms with van der Waals surface area (Å²) in [6, 6.07) is 21.3. The van der Waals surface area contributed by atoms with Crippen LogP contribution >= 0.6 is 0 Å². The van der Waals surface area contributed by atoms with Gasteiger partial charge in [-0.2, -0.15) is 0 Å². The zero-order chi connectivity index (χ0) is 26.2. The van der Waals surface area contributed by atoms with Gasteiger partial charge in [0.25, 0.3) is 5.91 Å². The number of aromatic nitrogens is 1. The predicted molar refractivity (Wildman–Crippen MR) is 138 cm³/mol. The molecule has 1 aromatic heterocycles. The van der Waals surface area contributed by atoms with Crippen molar-refractivity contribution in [1.82, 2.24) is 10.3 Å². The lowest BCUT2D eigenvalue weighted by Crippen LogP contribution is -2.24. The van der Waals surface area contributed by atoms with Gasteiger partial charge in [0, 0.05) is 30.5 Å². The number of nitrogens with zero attached hydrogens (tertiary/aromatic N) is 1. The molecule has 0 saturated carbocycles. The summed E-state index contributed by atoms with van der Waals surface area (Å²) in [6.07, 6.45) is 0.634. The van der Waals surface area contributed by atoms with Crippen molar-refractivity contribution >= 4 is 11.9 Å². The molecule has 0 fully saturated rings. The highest BCUT2D eigenvalue weighted by molar-refractivity contribution is 5.96. The molecule has 0 spiro atoms. The third kappa shape index (κ3) is 6.98. The number of rotatable bonds is 11. The number of benzene rings is 3. The van der Waals surface area contributed by atoms with Crippen LogP contribution in [0.1, 0.15) is 39.4 Å². The average Bonchev–Trinajstić information content (AvgIpc) is 3.27. The van der Waals surface area contributed by atoms with Gasteiger partial charge in [-0.3, -0.25) is 9.59 Å². The first kappa shape index (κ1) is 25.5. The standard InChI is InChI=1S/C29H28N2O6/c1-19-26(31-29(37-19)22-7-3-2-4-8-22)14-15-36-24-12-10-21(11-13-27(33)34)25(17-24)28(35)30-18-20-6-5-9-23(32)16-20/h2-10,12,16-17,32H,11,13-15,18H2,1H3,(H,30,35)(H,33,34). The van der Waals surface area contributed by atoms with Crippen LogP contribution in [0.4, 0.5) is 0 Å². The van der Waals surface area contributed by atoms with Crippen molar-refractivity contribution in [3.05, 3.63) is 101 Å². The van der Waals surface area contributed by atoms with E-state index in [9.17, 15) is 14.7 Å². The van der Waals surface area contributed by atoms with Crippen LogP contribution < -0.4 is 10.1 Å². The molecule has 0 radical (unpaired) electrons. The van der Waals surface area contributed by atoms with Gasteiger partial charge in [-0.1, -0.05) is 36.4 Å². The van der Waals surface area contributed by atoms with Crippen molar-refractivity contribution in [3.63, 3.8) is 0 Å². The van der Waals surface area contributed by atoms with Gasteiger partial charge in [-0.25, -0.2) is 4.98 Å². The smallest absolute Gasteiger partial charge is 0.303 e. The summed E-state index contributed by atoms with van der Waals surface area (Å²) < 4.78 is 11.7. The largest absolute Gasteiger partial charge is 0.508 e. The lowest BCUT2D eigenvalue weighted by molar-refractivity contribution is -0.136. The highest BCUT2D eigenvalue weighted by Gasteiger charge is 2.15. The van der Waals surface area contributed by atoms with Gasteiger partial charge < -0.3 is 24.7 Å². The van der Waals surface area contributed by atoms with Gasteiger partial charge in [-0.15, -0.1) is 0 Å². The van der Waals surface area contributed by atoms with E-state index in [2.05, 4.69) is 10.3 Å². The summed E-state index contributed by atoms with van der Waals surface area (Å²) >= 11 is 0. The Morgan fingerprint density at radius 1 is 1.00 bits per heavy atom.